The Morgan fingerprint density at radius 3 is 1.60 bits per heavy atom. The molecule has 0 heterocycles. The lowest BCUT2D eigenvalue weighted by Gasteiger charge is -2.39. The van der Waals surface area contributed by atoms with E-state index in [9.17, 15) is 0 Å². The molecule has 0 aliphatic rings. The molecule has 0 fully saturated rings. The Hall–Kier alpha value is -0.0800. The summed E-state index contributed by atoms with van der Waals surface area (Å²) in [5.41, 5.74) is 0.464. The molecule has 0 aliphatic carbocycles. The van der Waals surface area contributed by atoms with E-state index in [4.69, 9.17) is 9.47 Å². The molecule has 20 heavy (non-hydrogen) atoms. The highest BCUT2D eigenvalue weighted by molar-refractivity contribution is 4.84. The van der Waals surface area contributed by atoms with Gasteiger partial charge in [-0.05, 0) is 57.8 Å². The first-order valence-corrected chi connectivity index (χ1v) is 7.87. The molecule has 0 saturated heterocycles. The lowest BCUT2D eigenvalue weighted by Crippen LogP contribution is -2.35. The van der Waals surface area contributed by atoms with Crippen molar-refractivity contribution in [1.82, 2.24) is 0 Å². The molecule has 0 aromatic carbocycles. The van der Waals surface area contributed by atoms with Gasteiger partial charge in [-0.15, -0.1) is 0 Å². The van der Waals surface area contributed by atoms with Crippen LogP contribution in [0.1, 0.15) is 81.6 Å². The molecule has 0 aromatic heterocycles. The highest BCUT2D eigenvalue weighted by Gasteiger charge is 2.33. The van der Waals surface area contributed by atoms with Gasteiger partial charge in [0.15, 0.2) is 0 Å². The van der Waals surface area contributed by atoms with E-state index in [1.807, 2.05) is 0 Å². The first-order chi connectivity index (χ1) is 8.68. The van der Waals surface area contributed by atoms with Gasteiger partial charge in [-0.25, -0.2) is 0 Å². The van der Waals surface area contributed by atoms with E-state index in [2.05, 4.69) is 62.3 Å². The summed E-state index contributed by atoms with van der Waals surface area (Å²) in [5, 5.41) is 0. The largest absolute Gasteiger partial charge is 0.379 e. The van der Waals surface area contributed by atoms with E-state index in [1.54, 1.807) is 7.11 Å². The zero-order valence-electron chi connectivity index (χ0n) is 15.6. The van der Waals surface area contributed by atoms with Gasteiger partial charge in [-0.3, -0.25) is 0 Å². The van der Waals surface area contributed by atoms with E-state index >= 15 is 0 Å². The van der Waals surface area contributed by atoms with Crippen molar-refractivity contribution in [2.45, 2.75) is 92.8 Å². The molecule has 2 heteroatoms. The smallest absolute Gasteiger partial charge is 0.0644 e. The van der Waals surface area contributed by atoms with Gasteiger partial charge in [0.1, 0.15) is 0 Å². The third-order valence-electron chi connectivity index (χ3n) is 3.66. The maximum atomic E-state index is 6.14. The van der Waals surface area contributed by atoms with Crippen LogP contribution in [0.5, 0.6) is 0 Å². The van der Waals surface area contributed by atoms with Crippen LogP contribution in [0.2, 0.25) is 0 Å². The molecule has 122 valence electrons. The number of methoxy groups -OCH3 is 1. The zero-order chi connectivity index (χ0) is 16.2. The standard InChI is InChI=1S/C18H38O2/c1-15(2,3)13-16(4,5)14-18(8,9)20-12-11-17(6,7)19-10/h11-14H2,1-10H3. The summed E-state index contributed by atoms with van der Waals surface area (Å²) >= 11 is 0. The summed E-state index contributed by atoms with van der Waals surface area (Å²) in [7, 11) is 1.76. The average molecular weight is 286 g/mol. The number of hydrogen-bond donors (Lipinski definition) is 0. The number of ether oxygens (including phenoxy) is 2. The first kappa shape index (κ1) is 19.9. The maximum absolute atomic E-state index is 6.14. The van der Waals surface area contributed by atoms with Crippen molar-refractivity contribution in [3.63, 3.8) is 0 Å². The number of hydrogen-bond acceptors (Lipinski definition) is 2. The van der Waals surface area contributed by atoms with Crippen molar-refractivity contribution in [2.24, 2.45) is 10.8 Å². The molecule has 0 amide bonds. The van der Waals surface area contributed by atoms with E-state index in [0.29, 0.717) is 10.8 Å². The highest BCUT2D eigenvalue weighted by atomic mass is 16.5. The SMILES string of the molecule is COC(C)(C)CCOC(C)(C)CC(C)(C)CC(C)(C)C. The van der Waals surface area contributed by atoms with Gasteiger partial charge in [-0.2, -0.15) is 0 Å². The van der Waals surface area contributed by atoms with Crippen molar-refractivity contribution in [1.29, 1.82) is 0 Å². The van der Waals surface area contributed by atoms with Crippen LogP contribution in [0.3, 0.4) is 0 Å². The summed E-state index contributed by atoms with van der Waals surface area (Å²) in [4.78, 5) is 0. The lowest BCUT2D eigenvalue weighted by molar-refractivity contribution is -0.0772. The predicted molar refractivity (Wildman–Crippen MR) is 88.2 cm³/mol. The number of rotatable bonds is 8. The Morgan fingerprint density at radius 1 is 0.700 bits per heavy atom. The molecule has 2 nitrogen and oxygen atoms in total. The van der Waals surface area contributed by atoms with E-state index < -0.39 is 0 Å². The predicted octanol–water partition coefficient (Wildman–Crippen LogP) is 5.45. The Morgan fingerprint density at radius 2 is 1.20 bits per heavy atom. The summed E-state index contributed by atoms with van der Waals surface area (Å²) in [6.45, 7) is 21.0. The summed E-state index contributed by atoms with van der Waals surface area (Å²) in [5.74, 6) is 0. The second-order valence-electron chi connectivity index (χ2n) is 9.40. The lowest BCUT2D eigenvalue weighted by atomic mass is 9.71. The second kappa shape index (κ2) is 6.79. The van der Waals surface area contributed by atoms with E-state index in [1.165, 1.54) is 6.42 Å². The van der Waals surface area contributed by atoms with Crippen LogP contribution in [0.4, 0.5) is 0 Å². The Balaban J connectivity index is 4.37. The summed E-state index contributed by atoms with van der Waals surface area (Å²) in [6, 6.07) is 0. The molecular formula is C18H38O2. The first-order valence-electron chi connectivity index (χ1n) is 7.87. The van der Waals surface area contributed by atoms with Crippen molar-refractivity contribution in [3.8, 4) is 0 Å². The fraction of sp³-hybridized carbons (Fsp3) is 1.00. The Bertz CT molecular complexity index is 282. The van der Waals surface area contributed by atoms with Crippen LogP contribution < -0.4 is 0 Å². The van der Waals surface area contributed by atoms with Gasteiger partial charge in [0.2, 0.25) is 0 Å². The van der Waals surface area contributed by atoms with Gasteiger partial charge in [0.25, 0.3) is 0 Å². The quantitative estimate of drug-likeness (QED) is 0.590. The normalized spacial score (nSPS) is 14.7. The minimum Gasteiger partial charge on any atom is -0.379 e. The summed E-state index contributed by atoms with van der Waals surface area (Å²) in [6.07, 6.45) is 3.20. The minimum atomic E-state index is -0.100. The molecule has 0 atom stereocenters. The van der Waals surface area contributed by atoms with Crippen LogP contribution in [-0.2, 0) is 9.47 Å². The van der Waals surface area contributed by atoms with E-state index in [0.717, 1.165) is 19.4 Å². The van der Waals surface area contributed by atoms with Gasteiger partial charge >= 0.3 is 0 Å². The maximum Gasteiger partial charge on any atom is 0.0644 e. The Labute approximate surface area is 127 Å². The zero-order valence-corrected chi connectivity index (χ0v) is 15.6. The Kier molecular flexibility index (Phi) is 6.76. The highest BCUT2D eigenvalue weighted by Crippen LogP contribution is 2.40. The molecule has 0 saturated carbocycles. The molecule has 0 rings (SSSR count). The molecule has 0 unspecified atom stereocenters. The molecular weight excluding hydrogens is 248 g/mol. The van der Waals surface area contributed by atoms with Crippen LogP contribution in [-0.4, -0.2) is 24.9 Å². The van der Waals surface area contributed by atoms with Gasteiger partial charge in [0, 0.05) is 7.11 Å². The molecule has 0 bridgehead atoms. The van der Waals surface area contributed by atoms with Crippen LogP contribution in [0, 0.1) is 10.8 Å². The molecule has 0 N–H and O–H groups in total. The topological polar surface area (TPSA) is 18.5 Å². The monoisotopic (exact) mass is 286 g/mol. The summed E-state index contributed by atoms with van der Waals surface area (Å²) < 4.78 is 11.6. The van der Waals surface area contributed by atoms with Crippen molar-refractivity contribution in [2.75, 3.05) is 13.7 Å². The van der Waals surface area contributed by atoms with Gasteiger partial charge in [0.05, 0.1) is 17.8 Å². The second-order valence-corrected chi connectivity index (χ2v) is 9.40. The van der Waals surface area contributed by atoms with Crippen LogP contribution in [0.25, 0.3) is 0 Å². The minimum absolute atomic E-state index is 0.0848. The third kappa shape index (κ3) is 9.77. The molecule has 0 radical (unpaired) electrons. The van der Waals surface area contributed by atoms with Crippen LogP contribution >= 0.6 is 0 Å². The average Bonchev–Trinajstić information content (AvgIpc) is 2.10. The molecule has 0 aromatic rings. The van der Waals surface area contributed by atoms with Crippen LogP contribution in [0.15, 0.2) is 0 Å². The van der Waals surface area contributed by atoms with E-state index in [-0.39, 0.29) is 11.2 Å². The fourth-order valence-corrected chi connectivity index (χ4v) is 3.38. The van der Waals surface area contributed by atoms with Gasteiger partial charge < -0.3 is 9.47 Å². The van der Waals surface area contributed by atoms with Crippen molar-refractivity contribution < 1.29 is 9.47 Å². The molecule has 0 aliphatic heterocycles. The third-order valence-corrected chi connectivity index (χ3v) is 3.66. The van der Waals surface area contributed by atoms with Crippen molar-refractivity contribution >= 4 is 0 Å². The fourth-order valence-electron chi connectivity index (χ4n) is 3.38. The molecule has 0 spiro atoms. The van der Waals surface area contributed by atoms with Gasteiger partial charge in [-0.1, -0.05) is 34.6 Å². The van der Waals surface area contributed by atoms with Crippen molar-refractivity contribution in [3.05, 3.63) is 0 Å².